The fourth-order valence-electron chi connectivity index (χ4n) is 2.99. The molecule has 0 saturated carbocycles. The fourth-order valence-corrected chi connectivity index (χ4v) is 3.50. The molecule has 6 heteroatoms. The van der Waals surface area contributed by atoms with Crippen molar-refractivity contribution in [1.82, 2.24) is 9.97 Å². The highest BCUT2D eigenvalue weighted by molar-refractivity contribution is 9.10. The van der Waals surface area contributed by atoms with Gasteiger partial charge in [-0.15, -0.1) is 0 Å². The molecule has 0 amide bonds. The van der Waals surface area contributed by atoms with Crippen molar-refractivity contribution in [3.8, 4) is 11.1 Å². The van der Waals surface area contributed by atoms with Crippen LogP contribution in [0.5, 0.6) is 0 Å². The maximum absolute atomic E-state index is 9.41. The molecule has 0 fully saturated rings. The van der Waals surface area contributed by atoms with E-state index in [9.17, 15) is 5.11 Å². The molecule has 134 valence electrons. The van der Waals surface area contributed by atoms with E-state index in [0.717, 1.165) is 33.3 Å². The van der Waals surface area contributed by atoms with Crippen molar-refractivity contribution in [3.05, 3.63) is 78.4 Å². The molecule has 3 aromatic carbocycles. The Morgan fingerprint density at radius 3 is 2.44 bits per heavy atom. The molecule has 0 aliphatic heterocycles. The van der Waals surface area contributed by atoms with Gasteiger partial charge in [0, 0.05) is 5.39 Å². The molecular formula is C21H17BrN4O. The third-order valence-electron chi connectivity index (χ3n) is 4.30. The number of halogens is 1. The number of fused-ring (bicyclic) bond motifs is 1. The minimum atomic E-state index is 0.00943. The fraction of sp³-hybridized carbons (Fsp3) is 0.0476. The second-order valence-corrected chi connectivity index (χ2v) is 6.82. The first-order valence-corrected chi connectivity index (χ1v) is 9.15. The zero-order valence-electron chi connectivity index (χ0n) is 14.4. The minimum Gasteiger partial charge on any atom is -0.392 e. The second kappa shape index (κ2) is 7.34. The van der Waals surface area contributed by atoms with Crippen LogP contribution in [0.1, 0.15) is 5.56 Å². The van der Waals surface area contributed by atoms with E-state index in [-0.39, 0.29) is 12.6 Å². The van der Waals surface area contributed by atoms with Crippen molar-refractivity contribution < 1.29 is 5.11 Å². The Labute approximate surface area is 165 Å². The van der Waals surface area contributed by atoms with E-state index in [4.69, 9.17) is 5.73 Å². The molecule has 0 radical (unpaired) electrons. The number of hydrogen-bond acceptors (Lipinski definition) is 5. The van der Waals surface area contributed by atoms with Gasteiger partial charge in [-0.25, -0.2) is 4.98 Å². The zero-order valence-corrected chi connectivity index (χ0v) is 16.0. The van der Waals surface area contributed by atoms with E-state index in [1.54, 1.807) is 0 Å². The van der Waals surface area contributed by atoms with Crippen molar-refractivity contribution in [1.29, 1.82) is 0 Å². The van der Waals surface area contributed by atoms with E-state index < -0.39 is 0 Å². The quantitative estimate of drug-likeness (QED) is 0.462. The van der Waals surface area contributed by atoms with E-state index in [1.807, 2.05) is 76.7 Å². The van der Waals surface area contributed by atoms with Gasteiger partial charge in [0.25, 0.3) is 0 Å². The number of hydrogen-bond donors (Lipinski definition) is 2. The third-order valence-corrected chi connectivity index (χ3v) is 5.05. The summed E-state index contributed by atoms with van der Waals surface area (Å²) in [6.45, 7) is 0.00943. The molecule has 1 aromatic heterocycles. The summed E-state index contributed by atoms with van der Waals surface area (Å²) in [5.74, 6) is 0.886. The van der Waals surface area contributed by atoms with Crippen LogP contribution in [-0.4, -0.2) is 15.1 Å². The molecule has 0 unspecified atom stereocenters. The van der Waals surface area contributed by atoms with Crippen LogP contribution < -0.4 is 9.66 Å². The molecular weight excluding hydrogens is 404 g/mol. The first kappa shape index (κ1) is 17.5. The maximum Gasteiger partial charge on any atom is 0.222 e. The molecule has 0 bridgehead atoms. The van der Waals surface area contributed by atoms with Crippen LogP contribution in [0.3, 0.4) is 0 Å². The number of para-hydroxylation sites is 1. The zero-order chi connectivity index (χ0) is 18.8. The van der Waals surface area contributed by atoms with Crippen molar-refractivity contribution >= 4 is 44.5 Å². The molecule has 0 atom stereocenters. The monoisotopic (exact) mass is 420 g/mol. The molecule has 1 heterocycles. The number of aliphatic hydroxyl groups excluding tert-OH is 1. The van der Waals surface area contributed by atoms with E-state index in [1.165, 1.54) is 0 Å². The van der Waals surface area contributed by atoms with Gasteiger partial charge in [-0.2, -0.15) is 4.98 Å². The van der Waals surface area contributed by atoms with Crippen LogP contribution in [-0.2, 0) is 6.61 Å². The average Bonchev–Trinajstić information content (AvgIpc) is 2.73. The van der Waals surface area contributed by atoms with Crippen molar-refractivity contribution in [2.45, 2.75) is 6.61 Å². The number of nitrogens with two attached hydrogens (primary N) is 1. The Hall–Kier alpha value is -2.96. The molecule has 0 spiro atoms. The number of aromatic nitrogens is 2. The van der Waals surface area contributed by atoms with Gasteiger partial charge in [0.2, 0.25) is 5.95 Å². The Balaban J connectivity index is 1.88. The highest BCUT2D eigenvalue weighted by Crippen LogP contribution is 2.35. The van der Waals surface area contributed by atoms with Gasteiger partial charge < -0.3 is 10.8 Å². The van der Waals surface area contributed by atoms with Crippen LogP contribution in [0.15, 0.2) is 72.8 Å². The van der Waals surface area contributed by atoms with Crippen molar-refractivity contribution in [3.63, 3.8) is 0 Å². The highest BCUT2D eigenvalue weighted by Gasteiger charge is 2.15. The Bertz CT molecular complexity index is 1100. The van der Waals surface area contributed by atoms with Gasteiger partial charge in [-0.3, -0.25) is 3.93 Å². The van der Waals surface area contributed by atoms with Crippen LogP contribution in [0, 0.1) is 0 Å². The molecule has 4 rings (SSSR count). The van der Waals surface area contributed by atoms with Crippen molar-refractivity contribution in [2.75, 3.05) is 9.66 Å². The predicted octanol–water partition coefficient (Wildman–Crippen LogP) is 4.82. The summed E-state index contributed by atoms with van der Waals surface area (Å²) >= 11 is 3.61. The lowest BCUT2D eigenvalue weighted by Gasteiger charge is -2.18. The largest absolute Gasteiger partial charge is 0.392 e. The molecule has 5 nitrogen and oxygen atoms in total. The van der Waals surface area contributed by atoms with E-state index >= 15 is 0 Å². The van der Waals surface area contributed by atoms with Crippen LogP contribution in [0.4, 0.5) is 17.5 Å². The number of anilines is 3. The summed E-state index contributed by atoms with van der Waals surface area (Å²) in [6.07, 6.45) is 0. The summed E-state index contributed by atoms with van der Waals surface area (Å²) in [4.78, 5) is 8.81. The van der Waals surface area contributed by atoms with Crippen LogP contribution in [0.2, 0.25) is 0 Å². The molecule has 3 N–H and O–H groups in total. The Morgan fingerprint density at radius 1 is 0.889 bits per heavy atom. The maximum atomic E-state index is 9.41. The lowest BCUT2D eigenvalue weighted by molar-refractivity contribution is 0.282. The summed E-state index contributed by atoms with van der Waals surface area (Å²) in [6, 6.07) is 23.6. The van der Waals surface area contributed by atoms with Gasteiger partial charge in [-0.05, 0) is 47.0 Å². The summed E-state index contributed by atoms with van der Waals surface area (Å²) in [5.41, 5.74) is 10.5. The molecule has 0 aliphatic rings. The number of rotatable bonds is 4. The van der Waals surface area contributed by atoms with Gasteiger partial charge >= 0.3 is 0 Å². The predicted molar refractivity (Wildman–Crippen MR) is 113 cm³/mol. The standard InChI is InChI=1S/C21H17BrN4O/c22-26(17-7-2-1-3-8-17)20-18-12-16(9-10-19(18)24-21(23)25-20)15-6-4-5-14(11-15)13-27/h1-12,27H,13H2,(H2,23,24,25). The topological polar surface area (TPSA) is 75.3 Å². The average molecular weight is 421 g/mol. The highest BCUT2D eigenvalue weighted by atomic mass is 79.9. The lowest BCUT2D eigenvalue weighted by atomic mass is 10.0. The van der Waals surface area contributed by atoms with Gasteiger partial charge in [0.05, 0.1) is 34.0 Å². The summed E-state index contributed by atoms with van der Waals surface area (Å²) < 4.78 is 1.82. The number of aliphatic hydroxyl groups is 1. The van der Waals surface area contributed by atoms with Crippen molar-refractivity contribution in [2.24, 2.45) is 0 Å². The summed E-state index contributed by atoms with van der Waals surface area (Å²) in [7, 11) is 0. The first-order valence-electron chi connectivity index (χ1n) is 8.44. The number of nitrogen functional groups attached to an aromatic ring is 1. The smallest absolute Gasteiger partial charge is 0.222 e. The molecule has 0 saturated heterocycles. The lowest BCUT2D eigenvalue weighted by Crippen LogP contribution is -2.07. The number of benzene rings is 3. The third kappa shape index (κ3) is 3.49. The van der Waals surface area contributed by atoms with Crippen LogP contribution >= 0.6 is 16.1 Å². The SMILES string of the molecule is Nc1nc(N(Br)c2ccccc2)c2cc(-c3cccc(CO)c3)ccc2n1. The summed E-state index contributed by atoms with van der Waals surface area (Å²) in [5, 5.41) is 10.3. The molecule has 27 heavy (non-hydrogen) atoms. The van der Waals surface area contributed by atoms with Gasteiger partial charge in [0.1, 0.15) is 0 Å². The molecule has 0 aliphatic carbocycles. The van der Waals surface area contributed by atoms with E-state index in [2.05, 4.69) is 26.1 Å². The Morgan fingerprint density at radius 2 is 1.67 bits per heavy atom. The minimum absolute atomic E-state index is 0.00943. The van der Waals surface area contributed by atoms with Gasteiger partial charge in [-0.1, -0.05) is 42.5 Å². The van der Waals surface area contributed by atoms with Crippen LogP contribution in [0.25, 0.3) is 22.0 Å². The first-order chi connectivity index (χ1) is 13.2. The van der Waals surface area contributed by atoms with Gasteiger partial charge in [0.15, 0.2) is 5.82 Å². The second-order valence-electron chi connectivity index (χ2n) is 6.11. The molecule has 4 aromatic rings. The Kier molecular flexibility index (Phi) is 4.75. The normalized spacial score (nSPS) is 10.9. The van der Waals surface area contributed by atoms with E-state index in [0.29, 0.717) is 5.82 Å². The number of nitrogens with zero attached hydrogens (tertiary/aromatic N) is 3.